The molecule has 8 heteroatoms. The van der Waals surface area contributed by atoms with Crippen LogP contribution in [0.1, 0.15) is 31.3 Å². The molecule has 2 rings (SSSR count). The first-order chi connectivity index (χ1) is 11.5. The Bertz CT molecular complexity index is 700. The number of nitrogens with zero attached hydrogens (tertiary/aromatic N) is 4. The number of methoxy groups -OCH3 is 1. The fourth-order valence-corrected chi connectivity index (χ4v) is 2.17. The van der Waals surface area contributed by atoms with Crippen LogP contribution in [0.5, 0.6) is 5.75 Å². The Hall–Kier alpha value is -2.64. The molecule has 1 atom stereocenters. The Morgan fingerprint density at radius 1 is 1.46 bits per heavy atom. The summed E-state index contributed by atoms with van der Waals surface area (Å²) < 4.78 is 20.5. The number of hydrogen-bond donors (Lipinski definition) is 2. The van der Waals surface area contributed by atoms with E-state index in [4.69, 9.17) is 4.74 Å². The summed E-state index contributed by atoms with van der Waals surface area (Å²) in [6, 6.07) is 4.78. The fourth-order valence-electron chi connectivity index (χ4n) is 2.17. The Morgan fingerprint density at radius 2 is 2.25 bits per heavy atom. The Kier molecular flexibility index (Phi) is 6.11. The molecule has 0 aliphatic carbocycles. The fraction of sp³-hybridized carbons (Fsp3) is 0.438. The van der Waals surface area contributed by atoms with Crippen molar-refractivity contribution in [2.75, 3.05) is 13.7 Å². The van der Waals surface area contributed by atoms with Gasteiger partial charge in [-0.3, -0.25) is 4.68 Å². The molecule has 2 aromatic rings. The number of ether oxygens (including phenoxy) is 1. The molecule has 130 valence electrons. The highest BCUT2D eigenvalue weighted by atomic mass is 19.1. The Balaban J connectivity index is 2.08. The highest BCUT2D eigenvalue weighted by molar-refractivity contribution is 5.80. The molecule has 0 saturated carbocycles. The zero-order valence-electron chi connectivity index (χ0n) is 14.4. The van der Waals surface area contributed by atoms with Crippen LogP contribution in [0.3, 0.4) is 0 Å². The molecular weight excluding hydrogens is 311 g/mol. The molecule has 0 radical (unpaired) electrons. The average molecular weight is 334 g/mol. The Morgan fingerprint density at radius 3 is 2.83 bits per heavy atom. The summed E-state index contributed by atoms with van der Waals surface area (Å²) in [5.41, 5.74) is 0.803. The monoisotopic (exact) mass is 334 g/mol. The molecule has 0 bridgehead atoms. The van der Waals surface area contributed by atoms with Crippen molar-refractivity contribution in [3.8, 4) is 5.75 Å². The lowest BCUT2D eigenvalue weighted by molar-refractivity contribution is 0.386. The highest BCUT2D eigenvalue weighted by Crippen LogP contribution is 2.21. The number of aromatic nitrogens is 3. The number of halogens is 1. The number of aryl methyl sites for hydroxylation is 1. The lowest BCUT2D eigenvalue weighted by atomic mass is 10.1. The predicted octanol–water partition coefficient (Wildman–Crippen LogP) is 1.78. The standard InChI is InChI=1S/C16H23FN6O/c1-5-18-16(19-9-15-20-10-21-23(15)3)22-11(2)12-6-7-14(24-4)13(17)8-12/h6-8,10-11H,5,9H2,1-4H3,(H2,18,19,22). The van der Waals surface area contributed by atoms with E-state index < -0.39 is 0 Å². The van der Waals surface area contributed by atoms with Gasteiger partial charge in [-0.2, -0.15) is 5.10 Å². The van der Waals surface area contributed by atoms with Gasteiger partial charge in [0.25, 0.3) is 0 Å². The molecule has 2 N–H and O–H groups in total. The van der Waals surface area contributed by atoms with E-state index >= 15 is 0 Å². The van der Waals surface area contributed by atoms with Crippen molar-refractivity contribution in [1.29, 1.82) is 0 Å². The van der Waals surface area contributed by atoms with Gasteiger partial charge in [0, 0.05) is 13.6 Å². The third-order valence-corrected chi connectivity index (χ3v) is 3.56. The molecule has 0 saturated heterocycles. The summed E-state index contributed by atoms with van der Waals surface area (Å²) in [5, 5.41) is 10.4. The van der Waals surface area contributed by atoms with Crippen LogP contribution in [0.4, 0.5) is 4.39 Å². The van der Waals surface area contributed by atoms with Gasteiger partial charge >= 0.3 is 0 Å². The molecule has 0 spiro atoms. The van der Waals surface area contributed by atoms with Crippen LogP contribution in [0.15, 0.2) is 29.5 Å². The summed E-state index contributed by atoms with van der Waals surface area (Å²) in [4.78, 5) is 8.63. The summed E-state index contributed by atoms with van der Waals surface area (Å²) in [5.74, 6) is 1.23. The molecule has 7 nitrogen and oxygen atoms in total. The van der Waals surface area contributed by atoms with Gasteiger partial charge in [-0.15, -0.1) is 0 Å². The van der Waals surface area contributed by atoms with Crippen molar-refractivity contribution in [3.05, 3.63) is 41.7 Å². The average Bonchev–Trinajstić information content (AvgIpc) is 2.97. The van der Waals surface area contributed by atoms with Crippen LogP contribution in [0.25, 0.3) is 0 Å². The van der Waals surface area contributed by atoms with Gasteiger partial charge in [-0.1, -0.05) is 6.07 Å². The SMILES string of the molecule is CCNC(=NCc1ncnn1C)NC(C)c1ccc(OC)c(F)c1. The topological polar surface area (TPSA) is 76.4 Å². The van der Waals surface area contributed by atoms with Crippen molar-refractivity contribution in [3.63, 3.8) is 0 Å². The largest absolute Gasteiger partial charge is 0.494 e. The first kappa shape index (κ1) is 17.7. The summed E-state index contributed by atoms with van der Waals surface area (Å²) in [6.45, 7) is 5.04. The second-order valence-corrected chi connectivity index (χ2v) is 5.26. The van der Waals surface area contributed by atoms with E-state index in [2.05, 4.69) is 25.7 Å². The minimum Gasteiger partial charge on any atom is -0.494 e. The van der Waals surface area contributed by atoms with Crippen molar-refractivity contribution in [2.45, 2.75) is 26.4 Å². The van der Waals surface area contributed by atoms with Crippen molar-refractivity contribution in [1.82, 2.24) is 25.4 Å². The first-order valence-electron chi connectivity index (χ1n) is 7.76. The molecule has 1 unspecified atom stereocenters. The third-order valence-electron chi connectivity index (χ3n) is 3.56. The van der Waals surface area contributed by atoms with Gasteiger partial charge in [0.15, 0.2) is 17.5 Å². The van der Waals surface area contributed by atoms with E-state index in [1.165, 1.54) is 19.5 Å². The molecule has 0 aliphatic heterocycles. The maximum Gasteiger partial charge on any atom is 0.192 e. The van der Waals surface area contributed by atoms with E-state index in [1.807, 2.05) is 27.0 Å². The quantitative estimate of drug-likeness (QED) is 0.622. The summed E-state index contributed by atoms with van der Waals surface area (Å²) in [7, 11) is 3.27. The molecule has 0 amide bonds. The van der Waals surface area contributed by atoms with E-state index in [9.17, 15) is 4.39 Å². The molecule has 24 heavy (non-hydrogen) atoms. The number of rotatable bonds is 6. The minimum atomic E-state index is -0.385. The molecule has 1 aromatic heterocycles. The van der Waals surface area contributed by atoms with Gasteiger partial charge < -0.3 is 15.4 Å². The highest BCUT2D eigenvalue weighted by Gasteiger charge is 2.11. The summed E-state index contributed by atoms with van der Waals surface area (Å²) >= 11 is 0. The zero-order chi connectivity index (χ0) is 17.5. The van der Waals surface area contributed by atoms with Crippen LogP contribution in [-0.4, -0.2) is 34.4 Å². The van der Waals surface area contributed by atoms with Crippen LogP contribution in [0, 0.1) is 5.82 Å². The maximum atomic E-state index is 13.9. The molecular formula is C16H23FN6O. The van der Waals surface area contributed by atoms with E-state index in [0.29, 0.717) is 19.0 Å². The molecule has 1 heterocycles. The number of benzene rings is 1. The van der Waals surface area contributed by atoms with Gasteiger partial charge in [-0.25, -0.2) is 14.4 Å². The van der Waals surface area contributed by atoms with Gasteiger partial charge in [0.05, 0.1) is 13.2 Å². The number of nitrogens with one attached hydrogen (secondary N) is 2. The number of guanidine groups is 1. The predicted molar refractivity (Wildman–Crippen MR) is 90.3 cm³/mol. The maximum absolute atomic E-state index is 13.9. The zero-order valence-corrected chi connectivity index (χ0v) is 14.4. The number of hydrogen-bond acceptors (Lipinski definition) is 4. The second-order valence-electron chi connectivity index (χ2n) is 5.26. The van der Waals surface area contributed by atoms with Crippen molar-refractivity contribution >= 4 is 5.96 Å². The van der Waals surface area contributed by atoms with Gasteiger partial charge in [0.2, 0.25) is 0 Å². The van der Waals surface area contributed by atoms with Crippen LogP contribution < -0.4 is 15.4 Å². The van der Waals surface area contributed by atoms with E-state index in [-0.39, 0.29) is 17.6 Å². The lowest BCUT2D eigenvalue weighted by Crippen LogP contribution is -2.38. The van der Waals surface area contributed by atoms with Gasteiger partial charge in [0.1, 0.15) is 18.7 Å². The van der Waals surface area contributed by atoms with E-state index in [0.717, 1.165) is 11.4 Å². The van der Waals surface area contributed by atoms with E-state index in [1.54, 1.807) is 10.7 Å². The number of aliphatic imine (C=N–C) groups is 1. The normalized spacial score (nSPS) is 12.8. The van der Waals surface area contributed by atoms with Crippen LogP contribution in [-0.2, 0) is 13.6 Å². The Labute approximate surface area is 141 Å². The van der Waals surface area contributed by atoms with Crippen LogP contribution >= 0.6 is 0 Å². The summed E-state index contributed by atoms with van der Waals surface area (Å²) in [6.07, 6.45) is 1.49. The van der Waals surface area contributed by atoms with Crippen molar-refractivity contribution < 1.29 is 9.13 Å². The van der Waals surface area contributed by atoms with Gasteiger partial charge in [-0.05, 0) is 31.5 Å². The molecule has 0 aliphatic rings. The minimum absolute atomic E-state index is 0.122. The second kappa shape index (κ2) is 8.28. The van der Waals surface area contributed by atoms with Crippen LogP contribution in [0.2, 0.25) is 0 Å². The smallest absolute Gasteiger partial charge is 0.192 e. The third kappa shape index (κ3) is 4.43. The molecule has 0 fully saturated rings. The first-order valence-corrected chi connectivity index (χ1v) is 7.76. The lowest BCUT2D eigenvalue weighted by Gasteiger charge is -2.18. The molecule has 1 aromatic carbocycles. The van der Waals surface area contributed by atoms with Crippen molar-refractivity contribution in [2.24, 2.45) is 12.0 Å².